The third-order valence-corrected chi connectivity index (χ3v) is 7.92. The van der Waals surface area contributed by atoms with Gasteiger partial charge in [0.1, 0.15) is 23.9 Å². The van der Waals surface area contributed by atoms with Gasteiger partial charge in [-0.25, -0.2) is 4.79 Å². The summed E-state index contributed by atoms with van der Waals surface area (Å²) in [5.74, 6) is 2.26. The molecule has 43 heavy (non-hydrogen) atoms. The first-order chi connectivity index (χ1) is 21.1. The van der Waals surface area contributed by atoms with E-state index in [1.807, 2.05) is 72.8 Å². The van der Waals surface area contributed by atoms with Crippen LogP contribution in [0.15, 0.2) is 84.9 Å². The van der Waals surface area contributed by atoms with Gasteiger partial charge in [0.2, 0.25) is 0 Å². The summed E-state index contributed by atoms with van der Waals surface area (Å²) in [4.78, 5) is 13.3. The first-order valence-corrected chi connectivity index (χ1v) is 14.6. The second-order valence-electron chi connectivity index (χ2n) is 10.6. The first kappa shape index (κ1) is 30.2. The Morgan fingerprint density at radius 2 is 1.63 bits per heavy atom. The van der Waals surface area contributed by atoms with E-state index in [1.54, 1.807) is 14.2 Å². The highest BCUT2D eigenvalue weighted by molar-refractivity contribution is 5.94. The van der Waals surface area contributed by atoms with Gasteiger partial charge in [-0.05, 0) is 42.2 Å². The zero-order chi connectivity index (χ0) is 30.0. The second kappa shape index (κ2) is 14.8. The number of fused-ring (bicyclic) bond motifs is 1. The lowest BCUT2D eigenvalue weighted by atomic mass is 9.87. The SMILES string of the molecule is COc1cc(COC2CN(C(=O)O)CCC2c2ccc(OCCOCCc3ccccc3)cc2)c(OC)c2ccccc12. The highest BCUT2D eigenvalue weighted by atomic mass is 16.5. The van der Waals surface area contributed by atoms with Gasteiger partial charge in [0.05, 0.1) is 46.7 Å². The summed E-state index contributed by atoms with van der Waals surface area (Å²) in [6.45, 7) is 2.62. The van der Waals surface area contributed by atoms with E-state index in [1.165, 1.54) is 10.5 Å². The normalized spacial score (nSPS) is 16.7. The lowest BCUT2D eigenvalue weighted by Gasteiger charge is -2.37. The molecule has 1 aliphatic rings. The van der Waals surface area contributed by atoms with Crippen LogP contribution in [0, 0.1) is 0 Å². The third kappa shape index (κ3) is 7.58. The van der Waals surface area contributed by atoms with E-state index in [0.29, 0.717) is 32.8 Å². The second-order valence-corrected chi connectivity index (χ2v) is 10.6. The van der Waals surface area contributed by atoms with E-state index >= 15 is 0 Å². The van der Waals surface area contributed by atoms with Gasteiger partial charge in [-0.3, -0.25) is 0 Å². The topological polar surface area (TPSA) is 86.7 Å². The lowest BCUT2D eigenvalue weighted by molar-refractivity contribution is -0.0204. The predicted molar refractivity (Wildman–Crippen MR) is 165 cm³/mol. The summed E-state index contributed by atoms with van der Waals surface area (Å²) in [6.07, 6.45) is 0.259. The molecule has 1 amide bonds. The van der Waals surface area contributed by atoms with Crippen molar-refractivity contribution in [3.05, 3.63) is 102 Å². The van der Waals surface area contributed by atoms with Crippen LogP contribution in [0.1, 0.15) is 29.0 Å². The fourth-order valence-corrected chi connectivity index (χ4v) is 5.69. The fraction of sp³-hybridized carbons (Fsp3) is 0.343. The summed E-state index contributed by atoms with van der Waals surface area (Å²) in [6, 6.07) is 28.1. The minimum absolute atomic E-state index is 0.0271. The molecule has 0 aliphatic carbocycles. The quantitative estimate of drug-likeness (QED) is 0.178. The minimum Gasteiger partial charge on any atom is -0.496 e. The molecule has 0 saturated carbocycles. The van der Waals surface area contributed by atoms with E-state index in [0.717, 1.165) is 45.6 Å². The maximum absolute atomic E-state index is 11.8. The lowest BCUT2D eigenvalue weighted by Crippen LogP contribution is -2.46. The van der Waals surface area contributed by atoms with Crippen molar-refractivity contribution in [1.82, 2.24) is 4.90 Å². The maximum atomic E-state index is 11.8. The standard InChI is InChI=1S/C35H39NO7/c1-39-32-22-27(34(40-2)31-11-7-6-10-30(31)32)24-43-33-23-36(35(37)38)18-16-29(33)26-12-14-28(15-13-26)42-21-20-41-19-17-25-8-4-3-5-9-25/h3-15,22,29,33H,16-21,23-24H2,1-2H3,(H,37,38). The highest BCUT2D eigenvalue weighted by Gasteiger charge is 2.33. The molecular weight excluding hydrogens is 546 g/mol. The summed E-state index contributed by atoms with van der Waals surface area (Å²) < 4.78 is 29.6. The van der Waals surface area contributed by atoms with Crippen molar-refractivity contribution < 1.29 is 33.6 Å². The molecule has 5 rings (SSSR count). The van der Waals surface area contributed by atoms with Crippen molar-refractivity contribution in [3.8, 4) is 17.2 Å². The van der Waals surface area contributed by atoms with Crippen LogP contribution in [0.3, 0.4) is 0 Å². The highest BCUT2D eigenvalue weighted by Crippen LogP contribution is 2.38. The van der Waals surface area contributed by atoms with Gasteiger partial charge in [0.15, 0.2) is 0 Å². The fourth-order valence-electron chi connectivity index (χ4n) is 5.69. The van der Waals surface area contributed by atoms with Gasteiger partial charge in [0, 0.05) is 28.8 Å². The zero-order valence-electron chi connectivity index (χ0n) is 24.7. The van der Waals surface area contributed by atoms with E-state index in [9.17, 15) is 9.90 Å². The Hall–Kier alpha value is -4.27. The number of benzene rings is 4. The monoisotopic (exact) mass is 585 g/mol. The number of likely N-dealkylation sites (tertiary alicyclic amines) is 1. The van der Waals surface area contributed by atoms with Gasteiger partial charge in [0.25, 0.3) is 0 Å². The predicted octanol–water partition coefficient (Wildman–Crippen LogP) is 6.55. The zero-order valence-corrected chi connectivity index (χ0v) is 24.7. The van der Waals surface area contributed by atoms with Crippen LogP contribution >= 0.6 is 0 Å². The number of rotatable bonds is 13. The summed E-state index contributed by atoms with van der Waals surface area (Å²) in [5.41, 5.74) is 3.19. The van der Waals surface area contributed by atoms with E-state index in [-0.39, 0.29) is 25.2 Å². The molecule has 1 heterocycles. The largest absolute Gasteiger partial charge is 0.496 e. The number of methoxy groups -OCH3 is 2. The average Bonchev–Trinajstić information content (AvgIpc) is 3.05. The Bertz CT molecular complexity index is 1480. The van der Waals surface area contributed by atoms with Crippen molar-refractivity contribution in [1.29, 1.82) is 0 Å². The molecule has 1 saturated heterocycles. The Morgan fingerprint density at radius 3 is 2.35 bits per heavy atom. The van der Waals surface area contributed by atoms with Crippen molar-refractivity contribution in [2.24, 2.45) is 0 Å². The number of ether oxygens (including phenoxy) is 5. The molecule has 1 N–H and O–H groups in total. The molecule has 8 nitrogen and oxygen atoms in total. The molecular formula is C35H39NO7. The Kier molecular flexibility index (Phi) is 10.4. The summed E-state index contributed by atoms with van der Waals surface area (Å²) >= 11 is 0. The van der Waals surface area contributed by atoms with Crippen LogP contribution in [0.2, 0.25) is 0 Å². The maximum Gasteiger partial charge on any atom is 0.407 e. The van der Waals surface area contributed by atoms with Crippen molar-refractivity contribution in [3.63, 3.8) is 0 Å². The molecule has 4 aromatic rings. The molecule has 1 aliphatic heterocycles. The van der Waals surface area contributed by atoms with E-state index in [4.69, 9.17) is 23.7 Å². The summed E-state index contributed by atoms with van der Waals surface area (Å²) in [5, 5.41) is 11.6. The van der Waals surface area contributed by atoms with Gasteiger partial charge in [-0.2, -0.15) is 0 Å². The molecule has 8 heteroatoms. The van der Waals surface area contributed by atoms with Gasteiger partial charge >= 0.3 is 6.09 Å². The molecule has 0 aromatic heterocycles. The smallest absolute Gasteiger partial charge is 0.407 e. The van der Waals surface area contributed by atoms with Crippen LogP contribution in [0.25, 0.3) is 10.8 Å². The number of hydrogen-bond donors (Lipinski definition) is 1. The molecule has 0 spiro atoms. The van der Waals surface area contributed by atoms with E-state index in [2.05, 4.69) is 12.1 Å². The number of amides is 1. The van der Waals surface area contributed by atoms with Crippen molar-refractivity contribution in [2.75, 3.05) is 47.1 Å². The molecule has 4 aromatic carbocycles. The Labute approximate surface area is 252 Å². The van der Waals surface area contributed by atoms with Crippen LogP contribution in [-0.4, -0.2) is 69.3 Å². The van der Waals surface area contributed by atoms with Crippen molar-refractivity contribution in [2.45, 2.75) is 31.5 Å². The number of carboxylic acid groups (broad SMARTS) is 1. The van der Waals surface area contributed by atoms with Crippen LogP contribution in [0.5, 0.6) is 17.2 Å². The number of nitrogens with zero attached hydrogens (tertiary/aromatic N) is 1. The van der Waals surface area contributed by atoms with Crippen LogP contribution < -0.4 is 14.2 Å². The Balaban J connectivity index is 1.21. The molecule has 0 radical (unpaired) electrons. The molecule has 226 valence electrons. The Morgan fingerprint density at radius 1 is 0.884 bits per heavy atom. The van der Waals surface area contributed by atoms with Gasteiger partial charge < -0.3 is 33.7 Å². The van der Waals surface area contributed by atoms with Crippen LogP contribution in [-0.2, 0) is 22.5 Å². The van der Waals surface area contributed by atoms with Gasteiger partial charge in [-0.1, -0.05) is 66.7 Å². The molecule has 2 atom stereocenters. The third-order valence-electron chi connectivity index (χ3n) is 7.92. The number of carbonyl (C=O) groups is 1. The molecule has 0 bridgehead atoms. The van der Waals surface area contributed by atoms with Crippen molar-refractivity contribution >= 4 is 16.9 Å². The number of hydrogen-bond acceptors (Lipinski definition) is 6. The first-order valence-electron chi connectivity index (χ1n) is 14.6. The van der Waals surface area contributed by atoms with Crippen LogP contribution in [0.4, 0.5) is 4.79 Å². The van der Waals surface area contributed by atoms with E-state index < -0.39 is 6.09 Å². The molecule has 1 fully saturated rings. The number of piperidine rings is 1. The molecule has 2 unspecified atom stereocenters. The summed E-state index contributed by atoms with van der Waals surface area (Å²) in [7, 11) is 3.29. The average molecular weight is 586 g/mol. The minimum atomic E-state index is -0.938. The van der Waals surface area contributed by atoms with Gasteiger partial charge in [-0.15, -0.1) is 0 Å².